The van der Waals surface area contributed by atoms with Gasteiger partial charge in [-0.3, -0.25) is 0 Å². The number of hydrogen-bond donors (Lipinski definition) is 2. The molecule has 0 amide bonds. The zero-order valence-corrected chi connectivity index (χ0v) is 11.9. The number of benzene rings is 1. The fourth-order valence-electron chi connectivity index (χ4n) is 2.65. The van der Waals surface area contributed by atoms with Gasteiger partial charge >= 0.3 is 0 Å². The van der Waals surface area contributed by atoms with Crippen molar-refractivity contribution in [2.45, 2.75) is 26.2 Å². The van der Waals surface area contributed by atoms with Gasteiger partial charge in [0.15, 0.2) is 5.84 Å². The number of nitrogens with zero attached hydrogens (tertiary/aromatic N) is 2. The van der Waals surface area contributed by atoms with E-state index in [1.807, 2.05) is 12.1 Å². The molecule has 3 N–H and O–H groups in total. The van der Waals surface area contributed by atoms with Crippen LogP contribution in [0, 0.1) is 5.92 Å². The largest absolute Gasteiger partial charge is 0.409 e. The lowest BCUT2D eigenvalue weighted by molar-refractivity contribution is 0.318. The van der Waals surface area contributed by atoms with Crippen LogP contribution < -0.4 is 10.6 Å². The molecule has 19 heavy (non-hydrogen) atoms. The summed E-state index contributed by atoms with van der Waals surface area (Å²) in [6.45, 7) is 4.21. The highest BCUT2D eigenvalue weighted by Crippen LogP contribution is 2.30. The zero-order valence-electron chi connectivity index (χ0n) is 11.1. The lowest BCUT2D eigenvalue weighted by atomic mass is 9.94. The Labute approximate surface area is 118 Å². The number of anilines is 1. The number of hydrogen-bond acceptors (Lipinski definition) is 3. The van der Waals surface area contributed by atoms with Crippen molar-refractivity contribution in [2.75, 3.05) is 18.0 Å². The van der Waals surface area contributed by atoms with Gasteiger partial charge < -0.3 is 15.8 Å². The summed E-state index contributed by atoms with van der Waals surface area (Å²) >= 11 is 6.08. The van der Waals surface area contributed by atoms with Crippen LogP contribution in [0.4, 0.5) is 5.69 Å². The molecule has 2 rings (SSSR count). The van der Waals surface area contributed by atoms with Crippen molar-refractivity contribution in [1.82, 2.24) is 0 Å². The Morgan fingerprint density at radius 2 is 2.37 bits per heavy atom. The highest BCUT2D eigenvalue weighted by molar-refractivity contribution is 6.31. The smallest absolute Gasteiger partial charge is 0.172 e. The summed E-state index contributed by atoms with van der Waals surface area (Å²) in [5.41, 5.74) is 7.45. The number of piperidine rings is 1. The Balaban J connectivity index is 2.34. The van der Waals surface area contributed by atoms with E-state index < -0.39 is 0 Å². The molecule has 0 bridgehead atoms. The Bertz CT molecular complexity index is 476. The van der Waals surface area contributed by atoms with Crippen LogP contribution in [0.3, 0.4) is 0 Å². The van der Waals surface area contributed by atoms with E-state index in [2.05, 4.69) is 17.0 Å². The predicted molar refractivity (Wildman–Crippen MR) is 79.2 cm³/mol. The molecule has 1 fully saturated rings. The van der Waals surface area contributed by atoms with Gasteiger partial charge in [0.1, 0.15) is 0 Å². The summed E-state index contributed by atoms with van der Waals surface area (Å²) in [7, 11) is 0. The number of oxime groups is 1. The molecule has 0 radical (unpaired) electrons. The second kappa shape index (κ2) is 6.15. The molecule has 0 spiro atoms. The minimum Gasteiger partial charge on any atom is -0.409 e. The van der Waals surface area contributed by atoms with E-state index in [0.29, 0.717) is 10.9 Å². The molecule has 1 aromatic rings. The molecule has 0 aliphatic carbocycles. The SMILES string of the molecule is CCC1CCCN(c2cc(Cl)ccc2/C(N)=N/O)C1. The lowest BCUT2D eigenvalue weighted by Gasteiger charge is -2.35. The zero-order chi connectivity index (χ0) is 13.8. The number of rotatable bonds is 3. The van der Waals surface area contributed by atoms with Gasteiger partial charge in [-0.25, -0.2) is 0 Å². The molecule has 1 saturated heterocycles. The van der Waals surface area contributed by atoms with Gasteiger partial charge in [0.25, 0.3) is 0 Å². The molecule has 4 nitrogen and oxygen atoms in total. The van der Waals surface area contributed by atoms with E-state index in [1.54, 1.807) is 6.07 Å². The van der Waals surface area contributed by atoms with E-state index in [1.165, 1.54) is 19.3 Å². The monoisotopic (exact) mass is 281 g/mol. The third-order valence-corrected chi connectivity index (χ3v) is 4.02. The van der Waals surface area contributed by atoms with Crippen LogP contribution >= 0.6 is 11.6 Å². The van der Waals surface area contributed by atoms with Gasteiger partial charge in [0.2, 0.25) is 0 Å². The molecular weight excluding hydrogens is 262 g/mol. The highest BCUT2D eigenvalue weighted by atomic mass is 35.5. The molecule has 5 heteroatoms. The average Bonchev–Trinajstić information content (AvgIpc) is 2.46. The van der Waals surface area contributed by atoms with E-state index >= 15 is 0 Å². The molecule has 1 aliphatic rings. The first kappa shape index (κ1) is 14.0. The Morgan fingerprint density at radius 3 is 3.05 bits per heavy atom. The lowest BCUT2D eigenvalue weighted by Crippen LogP contribution is -2.36. The fourth-order valence-corrected chi connectivity index (χ4v) is 2.82. The summed E-state index contributed by atoms with van der Waals surface area (Å²) in [4.78, 5) is 2.29. The first-order valence-corrected chi connectivity index (χ1v) is 7.06. The Morgan fingerprint density at radius 1 is 1.58 bits per heavy atom. The van der Waals surface area contributed by atoms with Gasteiger partial charge in [0.05, 0.1) is 0 Å². The van der Waals surface area contributed by atoms with Gasteiger partial charge in [-0.05, 0) is 37.0 Å². The average molecular weight is 282 g/mol. The second-order valence-corrected chi connectivity index (χ2v) is 5.45. The maximum absolute atomic E-state index is 8.89. The molecule has 1 aromatic carbocycles. The minimum absolute atomic E-state index is 0.130. The summed E-state index contributed by atoms with van der Waals surface area (Å²) in [6.07, 6.45) is 3.61. The molecule has 0 saturated carbocycles. The maximum Gasteiger partial charge on any atom is 0.172 e. The molecule has 1 aliphatic heterocycles. The molecular formula is C14H20ClN3O. The van der Waals surface area contributed by atoms with Gasteiger partial charge in [-0.15, -0.1) is 0 Å². The first-order chi connectivity index (χ1) is 9.15. The van der Waals surface area contributed by atoms with Crippen LogP contribution in [0.15, 0.2) is 23.4 Å². The van der Waals surface area contributed by atoms with Crippen molar-refractivity contribution in [1.29, 1.82) is 0 Å². The standard InChI is InChI=1S/C14H20ClN3O/c1-2-10-4-3-7-18(9-10)13-8-11(15)5-6-12(13)14(16)17-19/h5-6,8,10,19H,2-4,7,9H2,1H3,(H2,16,17). The summed E-state index contributed by atoms with van der Waals surface area (Å²) in [6, 6.07) is 5.47. The maximum atomic E-state index is 8.89. The van der Waals surface area contributed by atoms with Crippen molar-refractivity contribution in [3.05, 3.63) is 28.8 Å². The van der Waals surface area contributed by atoms with Crippen molar-refractivity contribution in [3.8, 4) is 0 Å². The van der Waals surface area contributed by atoms with E-state index in [4.69, 9.17) is 22.5 Å². The van der Waals surface area contributed by atoms with Crippen molar-refractivity contribution in [3.63, 3.8) is 0 Å². The predicted octanol–water partition coefficient (Wildman–Crippen LogP) is 3.06. The summed E-state index contributed by atoms with van der Waals surface area (Å²) in [5, 5.41) is 12.7. The molecule has 1 heterocycles. The van der Waals surface area contributed by atoms with Crippen LogP contribution in [0.1, 0.15) is 31.7 Å². The molecule has 1 atom stereocenters. The fraction of sp³-hybridized carbons (Fsp3) is 0.500. The third-order valence-electron chi connectivity index (χ3n) is 3.78. The van der Waals surface area contributed by atoms with Crippen LogP contribution in [-0.2, 0) is 0 Å². The third kappa shape index (κ3) is 3.13. The van der Waals surface area contributed by atoms with E-state index in [-0.39, 0.29) is 5.84 Å². The topological polar surface area (TPSA) is 61.8 Å². The van der Waals surface area contributed by atoms with Crippen LogP contribution in [0.25, 0.3) is 0 Å². The van der Waals surface area contributed by atoms with Crippen LogP contribution in [0.5, 0.6) is 0 Å². The van der Waals surface area contributed by atoms with Crippen LogP contribution in [-0.4, -0.2) is 24.1 Å². The number of halogens is 1. The number of nitrogens with two attached hydrogens (primary N) is 1. The second-order valence-electron chi connectivity index (χ2n) is 5.01. The number of amidine groups is 1. The van der Waals surface area contributed by atoms with Crippen molar-refractivity contribution < 1.29 is 5.21 Å². The van der Waals surface area contributed by atoms with Gasteiger partial charge in [0, 0.05) is 29.4 Å². The van der Waals surface area contributed by atoms with Gasteiger partial charge in [-0.1, -0.05) is 30.1 Å². The Hall–Kier alpha value is -1.42. The minimum atomic E-state index is 0.130. The highest BCUT2D eigenvalue weighted by Gasteiger charge is 2.21. The normalized spacial score (nSPS) is 20.6. The summed E-state index contributed by atoms with van der Waals surface area (Å²) < 4.78 is 0. The molecule has 104 valence electrons. The summed E-state index contributed by atoms with van der Waals surface area (Å²) in [5.74, 6) is 0.832. The van der Waals surface area contributed by atoms with Crippen LogP contribution in [0.2, 0.25) is 5.02 Å². The van der Waals surface area contributed by atoms with Crippen molar-refractivity contribution in [2.24, 2.45) is 16.8 Å². The molecule has 1 unspecified atom stereocenters. The quantitative estimate of drug-likeness (QED) is 0.387. The van der Waals surface area contributed by atoms with E-state index in [9.17, 15) is 0 Å². The van der Waals surface area contributed by atoms with E-state index in [0.717, 1.165) is 24.3 Å². The first-order valence-electron chi connectivity index (χ1n) is 6.68. The van der Waals surface area contributed by atoms with Gasteiger partial charge in [-0.2, -0.15) is 0 Å². The Kier molecular flexibility index (Phi) is 4.53. The van der Waals surface area contributed by atoms with Crippen molar-refractivity contribution >= 4 is 23.1 Å². The molecule has 0 aromatic heterocycles.